The number of nitrogens with two attached hydrogens (primary N) is 1. The third-order valence-corrected chi connectivity index (χ3v) is 4.81. The molecule has 0 heterocycles. The van der Waals surface area contributed by atoms with Crippen molar-refractivity contribution in [1.82, 2.24) is 5.32 Å². The van der Waals surface area contributed by atoms with Crippen molar-refractivity contribution in [3.05, 3.63) is 0 Å². The quantitative estimate of drug-likeness (QED) is 0.811. The van der Waals surface area contributed by atoms with Gasteiger partial charge in [0.25, 0.3) is 0 Å². The molecule has 3 heteroatoms. The average Bonchev–Trinajstić information content (AvgIpc) is 2.28. The zero-order chi connectivity index (χ0) is 13.2. The van der Waals surface area contributed by atoms with Crippen molar-refractivity contribution in [1.29, 1.82) is 0 Å². The Kier molecular flexibility index (Phi) is 4.31. The number of primary amides is 1. The first-order chi connectivity index (χ1) is 8.46. The molecular weight excluding hydrogens is 224 g/mol. The number of nitrogens with one attached hydrogen (secondary N) is 1. The number of carbonyl (C=O) groups excluding carboxylic acids is 1. The van der Waals surface area contributed by atoms with Crippen molar-refractivity contribution in [2.45, 2.75) is 77.3 Å². The summed E-state index contributed by atoms with van der Waals surface area (Å²) in [5.41, 5.74) is 5.87. The Hall–Kier alpha value is -0.570. The van der Waals surface area contributed by atoms with Crippen LogP contribution in [0.3, 0.4) is 0 Å². The van der Waals surface area contributed by atoms with Gasteiger partial charge in [-0.1, -0.05) is 20.3 Å². The van der Waals surface area contributed by atoms with E-state index in [1.807, 2.05) is 0 Å². The minimum absolute atomic E-state index is 0.104. The van der Waals surface area contributed by atoms with Gasteiger partial charge >= 0.3 is 0 Å². The van der Waals surface area contributed by atoms with Crippen LogP contribution in [0.25, 0.3) is 0 Å². The van der Waals surface area contributed by atoms with Gasteiger partial charge in [-0.2, -0.15) is 0 Å². The van der Waals surface area contributed by atoms with Gasteiger partial charge in [-0.25, -0.2) is 0 Å². The van der Waals surface area contributed by atoms with E-state index in [0.717, 1.165) is 25.7 Å². The highest BCUT2D eigenvalue weighted by atomic mass is 16.1. The van der Waals surface area contributed by atoms with Gasteiger partial charge in [0.1, 0.15) is 0 Å². The fourth-order valence-corrected chi connectivity index (χ4v) is 3.72. The van der Waals surface area contributed by atoms with Crippen LogP contribution < -0.4 is 11.1 Å². The zero-order valence-corrected chi connectivity index (χ0v) is 11.9. The van der Waals surface area contributed by atoms with Gasteiger partial charge in [-0.05, 0) is 50.4 Å². The van der Waals surface area contributed by atoms with Crippen molar-refractivity contribution in [2.24, 2.45) is 17.1 Å². The predicted molar refractivity (Wildman–Crippen MR) is 74.1 cm³/mol. The molecule has 1 atom stereocenters. The summed E-state index contributed by atoms with van der Waals surface area (Å²) < 4.78 is 0. The molecule has 2 saturated carbocycles. The molecule has 1 amide bonds. The van der Waals surface area contributed by atoms with E-state index in [4.69, 9.17) is 5.73 Å². The number of hydrogen-bond acceptors (Lipinski definition) is 2. The van der Waals surface area contributed by atoms with Crippen LogP contribution in [-0.2, 0) is 4.79 Å². The second-order valence-corrected chi connectivity index (χ2v) is 7.08. The summed E-state index contributed by atoms with van der Waals surface area (Å²) >= 11 is 0. The van der Waals surface area contributed by atoms with Crippen LogP contribution in [0.4, 0.5) is 0 Å². The van der Waals surface area contributed by atoms with E-state index >= 15 is 0 Å². The van der Waals surface area contributed by atoms with Gasteiger partial charge in [0, 0.05) is 18.0 Å². The summed E-state index contributed by atoms with van der Waals surface area (Å²) in [7, 11) is 0. The van der Waals surface area contributed by atoms with Crippen molar-refractivity contribution in [3.63, 3.8) is 0 Å². The number of hydrogen-bond donors (Lipinski definition) is 2. The molecule has 2 rings (SSSR count). The third kappa shape index (κ3) is 3.71. The van der Waals surface area contributed by atoms with Crippen LogP contribution in [-0.4, -0.2) is 18.0 Å². The monoisotopic (exact) mass is 252 g/mol. The van der Waals surface area contributed by atoms with Crippen molar-refractivity contribution < 1.29 is 4.79 Å². The minimum atomic E-state index is -0.104. The molecule has 0 spiro atoms. The van der Waals surface area contributed by atoms with Crippen LogP contribution in [0.1, 0.15) is 65.2 Å². The second-order valence-electron chi connectivity index (χ2n) is 7.08. The maximum absolute atomic E-state index is 11.1. The van der Waals surface area contributed by atoms with Gasteiger partial charge in [0.05, 0.1) is 0 Å². The van der Waals surface area contributed by atoms with E-state index in [2.05, 4.69) is 19.2 Å². The molecule has 2 aliphatic carbocycles. The predicted octanol–water partition coefficient (Wildman–Crippen LogP) is 2.59. The fraction of sp³-hybridized carbons (Fsp3) is 0.933. The highest BCUT2D eigenvalue weighted by Crippen LogP contribution is 2.36. The van der Waals surface area contributed by atoms with Crippen LogP contribution in [0.15, 0.2) is 0 Å². The maximum atomic E-state index is 11.1. The largest absolute Gasteiger partial charge is 0.369 e. The number of amides is 1. The molecule has 1 unspecified atom stereocenters. The summed E-state index contributed by atoms with van der Waals surface area (Å²) in [6.07, 6.45) is 9.50. The second kappa shape index (κ2) is 5.60. The first-order valence-electron chi connectivity index (χ1n) is 7.52. The Morgan fingerprint density at radius 2 is 1.78 bits per heavy atom. The highest BCUT2D eigenvalue weighted by molar-refractivity contribution is 5.76. The fourth-order valence-electron chi connectivity index (χ4n) is 3.72. The van der Waals surface area contributed by atoms with E-state index in [-0.39, 0.29) is 11.8 Å². The lowest BCUT2D eigenvalue weighted by molar-refractivity contribution is -0.122. The van der Waals surface area contributed by atoms with Gasteiger partial charge in [-0.15, -0.1) is 0 Å². The van der Waals surface area contributed by atoms with Crippen LogP contribution >= 0.6 is 0 Å². The molecule has 0 aromatic carbocycles. The van der Waals surface area contributed by atoms with Crippen LogP contribution in [0.2, 0.25) is 0 Å². The standard InChI is InChI=1S/C15H28N2O/c1-15(2)9-3-4-13(10-15)17-12-7-5-11(6-8-12)14(16)18/h11-13,17H,3-10H2,1-2H3,(H2,16,18). The summed E-state index contributed by atoms with van der Waals surface area (Å²) in [6, 6.07) is 1.29. The van der Waals surface area contributed by atoms with Gasteiger partial charge < -0.3 is 11.1 Å². The molecule has 2 fully saturated rings. The summed E-state index contributed by atoms with van der Waals surface area (Å²) in [6.45, 7) is 4.76. The summed E-state index contributed by atoms with van der Waals surface area (Å²) in [4.78, 5) is 11.1. The van der Waals surface area contributed by atoms with Crippen molar-refractivity contribution in [3.8, 4) is 0 Å². The van der Waals surface area contributed by atoms with E-state index in [1.165, 1.54) is 25.7 Å². The lowest BCUT2D eigenvalue weighted by atomic mass is 9.74. The van der Waals surface area contributed by atoms with Gasteiger partial charge in [0.2, 0.25) is 5.91 Å². The summed E-state index contributed by atoms with van der Waals surface area (Å²) in [5, 5.41) is 3.82. The molecule has 3 nitrogen and oxygen atoms in total. The Balaban J connectivity index is 1.76. The van der Waals surface area contributed by atoms with Gasteiger partial charge in [0.15, 0.2) is 0 Å². The molecule has 0 saturated heterocycles. The lowest BCUT2D eigenvalue weighted by Gasteiger charge is -2.39. The molecule has 0 aromatic heterocycles. The minimum Gasteiger partial charge on any atom is -0.369 e. The number of carbonyl (C=O) groups is 1. The lowest BCUT2D eigenvalue weighted by Crippen LogP contribution is -2.45. The van der Waals surface area contributed by atoms with Crippen LogP contribution in [0, 0.1) is 11.3 Å². The summed E-state index contributed by atoms with van der Waals surface area (Å²) in [5.74, 6) is 0.0260. The zero-order valence-electron chi connectivity index (χ0n) is 11.9. The third-order valence-electron chi connectivity index (χ3n) is 4.81. The van der Waals surface area contributed by atoms with Crippen molar-refractivity contribution >= 4 is 5.91 Å². The SMILES string of the molecule is CC1(C)CCCC(NC2CCC(C(N)=O)CC2)C1. The first kappa shape index (κ1) is 13.9. The smallest absolute Gasteiger partial charge is 0.220 e. The Bertz CT molecular complexity index is 293. The Morgan fingerprint density at radius 1 is 1.11 bits per heavy atom. The molecular formula is C15H28N2O. The first-order valence-corrected chi connectivity index (χ1v) is 7.52. The average molecular weight is 252 g/mol. The number of rotatable bonds is 3. The molecule has 0 aliphatic heterocycles. The molecule has 0 bridgehead atoms. The topological polar surface area (TPSA) is 55.1 Å². The molecule has 3 N–H and O–H groups in total. The van der Waals surface area contributed by atoms with E-state index < -0.39 is 0 Å². The Labute approximate surface area is 111 Å². The van der Waals surface area contributed by atoms with E-state index in [9.17, 15) is 4.79 Å². The van der Waals surface area contributed by atoms with E-state index in [0.29, 0.717) is 17.5 Å². The van der Waals surface area contributed by atoms with Crippen LogP contribution in [0.5, 0.6) is 0 Å². The normalized spacial score (nSPS) is 36.2. The molecule has 2 aliphatic rings. The van der Waals surface area contributed by atoms with E-state index in [1.54, 1.807) is 0 Å². The highest BCUT2D eigenvalue weighted by Gasteiger charge is 2.31. The van der Waals surface area contributed by atoms with Crippen molar-refractivity contribution in [2.75, 3.05) is 0 Å². The molecule has 0 aromatic rings. The molecule has 18 heavy (non-hydrogen) atoms. The Morgan fingerprint density at radius 3 is 2.33 bits per heavy atom. The molecule has 0 radical (unpaired) electrons. The van der Waals surface area contributed by atoms with Gasteiger partial charge in [-0.3, -0.25) is 4.79 Å². The molecule has 104 valence electrons. The maximum Gasteiger partial charge on any atom is 0.220 e.